The number of hydrogen-bond acceptors (Lipinski definition) is 3. The molecule has 1 aromatic carbocycles. The summed E-state index contributed by atoms with van der Waals surface area (Å²) in [5, 5.41) is 5.63. The van der Waals surface area contributed by atoms with Crippen molar-refractivity contribution in [3.8, 4) is 0 Å². The van der Waals surface area contributed by atoms with E-state index in [1.54, 1.807) is 29.2 Å². The Kier molecular flexibility index (Phi) is 4.29. The first-order valence-electron chi connectivity index (χ1n) is 7.84. The average Bonchev–Trinajstić information content (AvgIpc) is 3.30. The smallest absolute Gasteiger partial charge is 0.319 e. The fourth-order valence-corrected chi connectivity index (χ4v) is 2.69. The number of nitrogens with zero attached hydrogens (tertiary/aromatic N) is 1. The molecule has 118 valence electrons. The van der Waals surface area contributed by atoms with Gasteiger partial charge in [-0.1, -0.05) is 6.07 Å². The van der Waals surface area contributed by atoms with Crippen molar-refractivity contribution in [2.24, 2.45) is 5.73 Å². The van der Waals surface area contributed by atoms with Crippen molar-refractivity contribution >= 4 is 17.6 Å². The van der Waals surface area contributed by atoms with Gasteiger partial charge in [-0.05, 0) is 43.9 Å². The summed E-state index contributed by atoms with van der Waals surface area (Å²) in [5.74, 6) is -0.0265. The van der Waals surface area contributed by atoms with Crippen molar-refractivity contribution in [1.29, 1.82) is 0 Å². The van der Waals surface area contributed by atoms with Crippen LogP contribution in [0.15, 0.2) is 24.3 Å². The molecule has 1 aromatic rings. The molecule has 2 aliphatic rings. The van der Waals surface area contributed by atoms with Gasteiger partial charge in [0.25, 0.3) is 5.91 Å². The highest BCUT2D eigenvalue weighted by Gasteiger charge is 2.24. The molecule has 3 amide bonds. The van der Waals surface area contributed by atoms with Gasteiger partial charge in [-0.15, -0.1) is 0 Å². The molecule has 0 radical (unpaired) electrons. The third-order valence-electron chi connectivity index (χ3n) is 4.03. The van der Waals surface area contributed by atoms with Crippen LogP contribution in [0.2, 0.25) is 0 Å². The minimum atomic E-state index is -0.216. The Bertz CT molecular complexity index is 571. The average molecular weight is 302 g/mol. The van der Waals surface area contributed by atoms with E-state index in [4.69, 9.17) is 5.73 Å². The SMILES string of the molecule is NC1CCCN(C(=O)c2cccc(NC(=O)NC3CC3)c2)C1. The van der Waals surface area contributed by atoms with E-state index in [0.29, 0.717) is 23.8 Å². The molecule has 4 N–H and O–H groups in total. The number of hydrogen-bond donors (Lipinski definition) is 3. The fourth-order valence-electron chi connectivity index (χ4n) is 2.69. The summed E-state index contributed by atoms with van der Waals surface area (Å²) >= 11 is 0. The number of carbonyl (C=O) groups excluding carboxylic acids is 2. The monoisotopic (exact) mass is 302 g/mol. The lowest BCUT2D eigenvalue weighted by Crippen LogP contribution is -2.45. The normalized spacial score (nSPS) is 21.3. The number of urea groups is 1. The Morgan fingerprint density at radius 2 is 2.05 bits per heavy atom. The fraction of sp³-hybridized carbons (Fsp3) is 0.500. The Balaban J connectivity index is 1.64. The maximum atomic E-state index is 12.5. The van der Waals surface area contributed by atoms with Crippen molar-refractivity contribution in [1.82, 2.24) is 10.2 Å². The Morgan fingerprint density at radius 1 is 1.23 bits per heavy atom. The highest BCUT2D eigenvalue weighted by Crippen LogP contribution is 2.19. The van der Waals surface area contributed by atoms with E-state index in [2.05, 4.69) is 10.6 Å². The maximum Gasteiger partial charge on any atom is 0.319 e. The first-order chi connectivity index (χ1) is 10.6. The first kappa shape index (κ1) is 14.8. The van der Waals surface area contributed by atoms with E-state index in [-0.39, 0.29) is 18.0 Å². The van der Waals surface area contributed by atoms with Crippen LogP contribution in [0.4, 0.5) is 10.5 Å². The topological polar surface area (TPSA) is 87.5 Å². The van der Waals surface area contributed by atoms with Crippen LogP contribution in [0.3, 0.4) is 0 Å². The number of nitrogens with two attached hydrogens (primary N) is 1. The summed E-state index contributed by atoms with van der Waals surface area (Å²) in [6.07, 6.45) is 3.99. The standard InChI is InChI=1S/C16H22N4O2/c17-12-4-2-8-20(10-12)15(21)11-3-1-5-14(9-11)19-16(22)18-13-6-7-13/h1,3,5,9,12-13H,2,4,6-8,10,17H2,(H2,18,19,22). The van der Waals surface area contributed by atoms with Crippen LogP contribution in [0.5, 0.6) is 0 Å². The highest BCUT2D eigenvalue weighted by atomic mass is 16.2. The van der Waals surface area contributed by atoms with Gasteiger partial charge in [0.2, 0.25) is 0 Å². The quantitative estimate of drug-likeness (QED) is 0.791. The van der Waals surface area contributed by atoms with Gasteiger partial charge < -0.3 is 21.3 Å². The predicted octanol–water partition coefficient (Wildman–Crippen LogP) is 1.53. The molecule has 1 saturated carbocycles. The number of anilines is 1. The molecule has 1 heterocycles. The summed E-state index contributed by atoms with van der Waals surface area (Å²) in [6, 6.07) is 7.20. The van der Waals surface area contributed by atoms with Gasteiger partial charge in [0, 0.05) is 36.4 Å². The second kappa shape index (κ2) is 6.36. The van der Waals surface area contributed by atoms with Gasteiger partial charge >= 0.3 is 6.03 Å². The van der Waals surface area contributed by atoms with E-state index < -0.39 is 0 Å². The van der Waals surface area contributed by atoms with Crippen molar-refractivity contribution in [3.05, 3.63) is 29.8 Å². The molecule has 0 aromatic heterocycles. The molecule has 1 atom stereocenters. The third kappa shape index (κ3) is 3.76. The number of nitrogens with one attached hydrogen (secondary N) is 2. The lowest BCUT2D eigenvalue weighted by molar-refractivity contribution is 0.0709. The highest BCUT2D eigenvalue weighted by molar-refractivity contribution is 5.97. The first-order valence-corrected chi connectivity index (χ1v) is 7.84. The third-order valence-corrected chi connectivity index (χ3v) is 4.03. The van der Waals surface area contributed by atoms with Gasteiger partial charge in [0.1, 0.15) is 0 Å². The lowest BCUT2D eigenvalue weighted by Gasteiger charge is -2.30. The number of amides is 3. The van der Waals surface area contributed by atoms with E-state index in [0.717, 1.165) is 32.2 Å². The van der Waals surface area contributed by atoms with Gasteiger partial charge in [0.15, 0.2) is 0 Å². The van der Waals surface area contributed by atoms with Gasteiger partial charge in [-0.3, -0.25) is 4.79 Å². The number of carbonyl (C=O) groups is 2. The summed E-state index contributed by atoms with van der Waals surface area (Å²) in [4.78, 5) is 26.1. The lowest BCUT2D eigenvalue weighted by atomic mass is 10.1. The van der Waals surface area contributed by atoms with E-state index in [9.17, 15) is 9.59 Å². The second-order valence-corrected chi connectivity index (χ2v) is 6.11. The molecule has 6 nitrogen and oxygen atoms in total. The molecule has 2 fully saturated rings. The van der Waals surface area contributed by atoms with Gasteiger partial charge in [-0.25, -0.2) is 4.79 Å². The molecule has 1 aliphatic heterocycles. The number of rotatable bonds is 3. The minimum absolute atomic E-state index is 0.0265. The Labute approximate surface area is 130 Å². The van der Waals surface area contributed by atoms with Gasteiger partial charge in [0.05, 0.1) is 0 Å². The molecular weight excluding hydrogens is 280 g/mol. The summed E-state index contributed by atoms with van der Waals surface area (Å²) in [5.41, 5.74) is 7.14. The molecule has 1 aliphatic carbocycles. The second-order valence-electron chi connectivity index (χ2n) is 6.11. The molecule has 0 bridgehead atoms. The summed E-state index contributed by atoms with van der Waals surface area (Å²) < 4.78 is 0. The zero-order valence-corrected chi connectivity index (χ0v) is 12.5. The molecule has 3 rings (SSSR count). The molecular formula is C16H22N4O2. The van der Waals surface area contributed by atoms with E-state index >= 15 is 0 Å². The van der Waals surface area contributed by atoms with Crippen LogP contribution in [0.25, 0.3) is 0 Å². The van der Waals surface area contributed by atoms with Crippen LogP contribution < -0.4 is 16.4 Å². The maximum absolute atomic E-state index is 12.5. The Morgan fingerprint density at radius 3 is 2.77 bits per heavy atom. The van der Waals surface area contributed by atoms with Crippen LogP contribution in [0, 0.1) is 0 Å². The zero-order valence-electron chi connectivity index (χ0n) is 12.5. The van der Waals surface area contributed by atoms with Crippen LogP contribution in [-0.4, -0.2) is 42.0 Å². The largest absolute Gasteiger partial charge is 0.337 e. The molecule has 1 unspecified atom stereocenters. The van der Waals surface area contributed by atoms with Gasteiger partial charge in [-0.2, -0.15) is 0 Å². The Hall–Kier alpha value is -2.08. The molecule has 22 heavy (non-hydrogen) atoms. The molecule has 0 spiro atoms. The van der Waals surface area contributed by atoms with Crippen molar-refractivity contribution in [3.63, 3.8) is 0 Å². The summed E-state index contributed by atoms with van der Waals surface area (Å²) in [7, 11) is 0. The number of likely N-dealkylation sites (tertiary alicyclic amines) is 1. The van der Waals surface area contributed by atoms with Crippen LogP contribution >= 0.6 is 0 Å². The minimum Gasteiger partial charge on any atom is -0.337 e. The van der Waals surface area contributed by atoms with E-state index in [1.165, 1.54) is 0 Å². The van der Waals surface area contributed by atoms with Crippen molar-refractivity contribution < 1.29 is 9.59 Å². The van der Waals surface area contributed by atoms with Crippen LogP contribution in [0.1, 0.15) is 36.0 Å². The predicted molar refractivity (Wildman–Crippen MR) is 84.7 cm³/mol. The van der Waals surface area contributed by atoms with Crippen molar-refractivity contribution in [2.75, 3.05) is 18.4 Å². The molecule has 1 saturated heterocycles. The summed E-state index contributed by atoms with van der Waals surface area (Å²) in [6.45, 7) is 1.34. The van der Waals surface area contributed by atoms with Crippen LogP contribution in [-0.2, 0) is 0 Å². The zero-order chi connectivity index (χ0) is 15.5. The van der Waals surface area contributed by atoms with E-state index in [1.807, 2.05) is 0 Å². The molecule has 6 heteroatoms. The number of benzene rings is 1. The van der Waals surface area contributed by atoms with Crippen molar-refractivity contribution in [2.45, 2.75) is 37.8 Å². The number of piperidine rings is 1.